The maximum absolute atomic E-state index is 12.0. The quantitative estimate of drug-likeness (QED) is 0.281. The van der Waals surface area contributed by atoms with Gasteiger partial charge in [0, 0.05) is 50.8 Å². The van der Waals surface area contributed by atoms with Crippen LogP contribution in [0.25, 0.3) is 17.0 Å². The first kappa shape index (κ1) is 28.2. The molecular formula is C25H26O13. The van der Waals surface area contributed by atoms with E-state index in [4.69, 9.17) is 37.9 Å². The van der Waals surface area contributed by atoms with Crippen molar-refractivity contribution in [2.75, 3.05) is 6.61 Å². The van der Waals surface area contributed by atoms with Crippen LogP contribution >= 0.6 is 0 Å². The molecule has 3 rings (SSSR count). The first-order valence-corrected chi connectivity index (χ1v) is 11.3. The van der Waals surface area contributed by atoms with Crippen molar-refractivity contribution in [1.29, 1.82) is 0 Å². The summed E-state index contributed by atoms with van der Waals surface area (Å²) >= 11 is 0. The number of rotatable bonds is 9. The fraction of sp³-hybridized carbons (Fsp3) is 0.400. The number of carboxylic acid groups (broad SMARTS) is 1. The van der Waals surface area contributed by atoms with Gasteiger partial charge in [-0.3, -0.25) is 19.2 Å². The maximum atomic E-state index is 12.0. The summed E-state index contributed by atoms with van der Waals surface area (Å²) < 4.78 is 38.5. The fourth-order valence-corrected chi connectivity index (χ4v) is 3.81. The van der Waals surface area contributed by atoms with Gasteiger partial charge in [-0.1, -0.05) is 0 Å². The third-order valence-corrected chi connectivity index (χ3v) is 5.18. The average molecular weight is 534 g/mol. The van der Waals surface area contributed by atoms with Gasteiger partial charge < -0.3 is 37.9 Å². The number of fused-ring (bicyclic) bond motifs is 1. The van der Waals surface area contributed by atoms with Crippen LogP contribution in [0.5, 0.6) is 5.75 Å². The molecule has 2 aromatic rings. The van der Waals surface area contributed by atoms with Gasteiger partial charge in [0.15, 0.2) is 12.2 Å². The number of carbonyl (C=O) groups excluding carboxylic acids is 4. The highest BCUT2D eigenvalue weighted by Gasteiger charge is 2.53. The molecule has 0 aliphatic carbocycles. The fourth-order valence-electron chi connectivity index (χ4n) is 3.81. The van der Waals surface area contributed by atoms with Crippen LogP contribution in [-0.4, -0.2) is 72.3 Å². The van der Waals surface area contributed by atoms with Crippen LogP contribution in [0.15, 0.2) is 35.0 Å². The highest BCUT2D eigenvalue weighted by atomic mass is 16.7. The van der Waals surface area contributed by atoms with Crippen molar-refractivity contribution in [3.63, 3.8) is 0 Å². The Bertz CT molecular complexity index is 1240. The molecular weight excluding hydrogens is 508 g/mol. The number of carbonyl (C=O) groups is 5. The Labute approximate surface area is 216 Å². The molecule has 1 aliphatic rings. The third kappa shape index (κ3) is 7.32. The second kappa shape index (κ2) is 12.2. The Morgan fingerprint density at radius 2 is 1.53 bits per heavy atom. The van der Waals surface area contributed by atoms with Crippen LogP contribution in [-0.2, 0) is 47.7 Å². The summed E-state index contributed by atoms with van der Waals surface area (Å²) in [5.41, 5.74) is 0.687. The van der Waals surface area contributed by atoms with Crippen LogP contribution in [0, 0.1) is 0 Å². The van der Waals surface area contributed by atoms with Crippen molar-refractivity contribution in [3.8, 4) is 5.75 Å². The number of ether oxygens (including phenoxy) is 6. The molecule has 0 unspecified atom stereocenters. The highest BCUT2D eigenvalue weighted by molar-refractivity contribution is 5.89. The van der Waals surface area contributed by atoms with Gasteiger partial charge in [-0.15, -0.1) is 0 Å². The summed E-state index contributed by atoms with van der Waals surface area (Å²) in [6, 6.07) is 4.72. The van der Waals surface area contributed by atoms with Crippen molar-refractivity contribution in [2.24, 2.45) is 0 Å². The number of furan rings is 1. The second-order valence-corrected chi connectivity index (χ2v) is 8.21. The predicted octanol–water partition coefficient (Wildman–Crippen LogP) is 1.99. The largest absolute Gasteiger partial charge is 0.478 e. The number of aliphatic carboxylic acids is 1. The van der Waals surface area contributed by atoms with Gasteiger partial charge in [0.25, 0.3) is 0 Å². The number of hydrogen-bond acceptors (Lipinski definition) is 12. The van der Waals surface area contributed by atoms with Crippen molar-refractivity contribution in [2.45, 2.75) is 58.4 Å². The van der Waals surface area contributed by atoms with E-state index in [1.807, 2.05) is 0 Å². The smallest absolute Gasteiger partial charge is 0.328 e. The first-order valence-electron chi connectivity index (χ1n) is 11.3. The number of carboxylic acids is 1. The lowest BCUT2D eigenvalue weighted by atomic mass is 9.98. The summed E-state index contributed by atoms with van der Waals surface area (Å²) in [6.45, 7) is 4.03. The topological polar surface area (TPSA) is 174 Å². The zero-order valence-corrected chi connectivity index (χ0v) is 20.9. The van der Waals surface area contributed by atoms with Gasteiger partial charge >= 0.3 is 29.8 Å². The van der Waals surface area contributed by atoms with Gasteiger partial charge in [-0.05, 0) is 18.2 Å². The van der Waals surface area contributed by atoms with Gasteiger partial charge in [0.1, 0.15) is 24.0 Å². The van der Waals surface area contributed by atoms with E-state index in [0.29, 0.717) is 16.5 Å². The molecule has 2 heterocycles. The Hall–Kier alpha value is -4.39. The zero-order valence-electron chi connectivity index (χ0n) is 20.9. The van der Waals surface area contributed by atoms with Crippen molar-refractivity contribution in [1.82, 2.24) is 0 Å². The maximum Gasteiger partial charge on any atom is 0.328 e. The van der Waals surface area contributed by atoms with Crippen molar-refractivity contribution in [3.05, 3.63) is 36.1 Å². The van der Waals surface area contributed by atoms with E-state index in [1.54, 1.807) is 12.1 Å². The molecule has 0 saturated carbocycles. The lowest BCUT2D eigenvalue weighted by Gasteiger charge is -2.44. The minimum Gasteiger partial charge on any atom is -0.478 e. The molecule has 0 spiro atoms. The minimum absolute atomic E-state index is 0.0610. The van der Waals surface area contributed by atoms with E-state index in [1.165, 1.54) is 18.4 Å². The average Bonchev–Trinajstić information content (AvgIpc) is 3.26. The number of hydrogen-bond donors (Lipinski definition) is 1. The summed E-state index contributed by atoms with van der Waals surface area (Å²) in [4.78, 5) is 58.5. The molecule has 0 amide bonds. The van der Waals surface area contributed by atoms with Gasteiger partial charge in [0.05, 0.1) is 6.26 Å². The molecule has 0 radical (unpaired) electrons. The minimum atomic E-state index is -1.50. The van der Waals surface area contributed by atoms with Crippen LogP contribution in [0.2, 0.25) is 0 Å². The molecule has 204 valence electrons. The summed E-state index contributed by atoms with van der Waals surface area (Å²) in [6.07, 6.45) is -3.36. The second-order valence-electron chi connectivity index (χ2n) is 8.21. The Balaban J connectivity index is 2.08. The first-order chi connectivity index (χ1) is 17.9. The molecule has 5 atom stereocenters. The summed E-state index contributed by atoms with van der Waals surface area (Å²) in [5.74, 6) is -4.17. The molecule has 1 aromatic carbocycles. The summed E-state index contributed by atoms with van der Waals surface area (Å²) in [5, 5.41) is 9.74. The number of benzene rings is 1. The Morgan fingerprint density at radius 1 is 0.895 bits per heavy atom. The molecule has 38 heavy (non-hydrogen) atoms. The zero-order chi connectivity index (χ0) is 28.0. The SMILES string of the molecule is CC(=O)OC[C@H]1O[C@@H](Oc2cc3occc3cc2/C=C/C(=O)O)[C@H](OC(C)=O)[C@@H](OC(C)=O)[C@@H]1OC(C)=O. The third-order valence-electron chi connectivity index (χ3n) is 5.18. The van der Waals surface area contributed by atoms with Gasteiger partial charge in [-0.2, -0.15) is 0 Å². The number of esters is 4. The van der Waals surface area contributed by atoms with Crippen LogP contribution in [0.1, 0.15) is 33.3 Å². The van der Waals surface area contributed by atoms with Crippen LogP contribution < -0.4 is 4.74 Å². The lowest BCUT2D eigenvalue weighted by Crippen LogP contribution is -2.63. The van der Waals surface area contributed by atoms with E-state index in [0.717, 1.165) is 33.8 Å². The molecule has 13 nitrogen and oxygen atoms in total. The Kier molecular flexibility index (Phi) is 9.07. The van der Waals surface area contributed by atoms with Crippen molar-refractivity contribution >= 4 is 46.9 Å². The molecule has 0 bridgehead atoms. The lowest BCUT2D eigenvalue weighted by molar-refractivity contribution is -0.288. The normalized spacial score (nSPS) is 23.0. The standard InChI is InChI=1S/C25H26O13/c1-12(26)33-11-20-22(34-13(2)27)23(35-14(3)28)24(36-15(4)29)25(38-20)37-19-10-18-17(7-8-32-18)9-16(19)5-6-21(30)31/h5-10,20,22-25H,11H2,1-4H3,(H,30,31)/b6-5+/t20-,22-,23+,24-,25-/m1/s1. The van der Waals surface area contributed by atoms with E-state index in [-0.39, 0.29) is 5.75 Å². The van der Waals surface area contributed by atoms with E-state index >= 15 is 0 Å². The molecule has 1 aromatic heterocycles. The van der Waals surface area contributed by atoms with Gasteiger partial charge in [-0.25, -0.2) is 4.79 Å². The predicted molar refractivity (Wildman–Crippen MR) is 125 cm³/mol. The Morgan fingerprint density at radius 3 is 2.13 bits per heavy atom. The summed E-state index contributed by atoms with van der Waals surface area (Å²) in [7, 11) is 0. The van der Waals surface area contributed by atoms with E-state index < -0.39 is 67.2 Å². The molecule has 1 saturated heterocycles. The molecule has 1 aliphatic heterocycles. The van der Waals surface area contributed by atoms with Gasteiger partial charge in [0.2, 0.25) is 12.4 Å². The molecule has 1 N–H and O–H groups in total. The van der Waals surface area contributed by atoms with Crippen LogP contribution in [0.3, 0.4) is 0 Å². The monoisotopic (exact) mass is 534 g/mol. The molecule has 1 fully saturated rings. The van der Waals surface area contributed by atoms with E-state index in [9.17, 15) is 24.0 Å². The molecule has 13 heteroatoms. The van der Waals surface area contributed by atoms with E-state index in [2.05, 4.69) is 0 Å². The van der Waals surface area contributed by atoms with Crippen molar-refractivity contribution < 1.29 is 61.9 Å². The van der Waals surface area contributed by atoms with Crippen LogP contribution in [0.4, 0.5) is 0 Å². The highest BCUT2D eigenvalue weighted by Crippen LogP contribution is 2.34.